The summed E-state index contributed by atoms with van der Waals surface area (Å²) in [7, 11) is -1.46. The molecule has 1 aromatic carbocycles. The maximum atomic E-state index is 13.1. The number of esters is 2. The Kier molecular flexibility index (Phi) is 38.1. The Hall–Kier alpha value is -1.53. The van der Waals surface area contributed by atoms with Crippen molar-refractivity contribution in [1.29, 1.82) is 0 Å². The quantitative estimate of drug-likeness (QED) is 0.0368. The molecule has 0 bridgehead atoms. The molecule has 8 heteroatoms. The molecule has 0 aromatic heterocycles. The van der Waals surface area contributed by atoms with Gasteiger partial charge in [0.2, 0.25) is 0 Å². The molecule has 0 saturated carbocycles. The van der Waals surface area contributed by atoms with Gasteiger partial charge < -0.3 is 18.5 Å². The summed E-state index contributed by atoms with van der Waals surface area (Å²) >= 11 is 0. The van der Waals surface area contributed by atoms with Crippen molar-refractivity contribution in [3.63, 3.8) is 0 Å². The van der Waals surface area contributed by atoms with E-state index in [1.165, 1.54) is 148 Å². The Morgan fingerprint density at radius 3 is 1.25 bits per heavy atom. The first kappa shape index (κ1) is 55.5. The topological polar surface area (TPSA) is 74.3 Å². The lowest BCUT2D eigenvalue weighted by Gasteiger charge is -2.36. The number of rotatable bonds is 43. The first-order chi connectivity index (χ1) is 28.8. The average molecular weight is 848 g/mol. The largest absolute Gasteiger partial charge is 0.462 e. The van der Waals surface area contributed by atoms with Crippen molar-refractivity contribution in [2.24, 2.45) is 0 Å². The fourth-order valence-corrected chi connectivity index (χ4v) is 9.37. The minimum atomic E-state index is -1.46. The number of nitrogens with zero attached hydrogens (tertiary/aromatic N) is 1. The van der Waals surface area contributed by atoms with Gasteiger partial charge in [0.1, 0.15) is 6.61 Å². The van der Waals surface area contributed by atoms with Crippen molar-refractivity contribution in [3.8, 4) is 0 Å². The van der Waals surface area contributed by atoms with Gasteiger partial charge in [-0.1, -0.05) is 218 Å². The molecule has 0 heterocycles. The third-order valence-electron chi connectivity index (χ3n) is 11.2. The van der Waals surface area contributed by atoms with Crippen molar-refractivity contribution in [2.75, 3.05) is 13.2 Å². The van der Waals surface area contributed by atoms with E-state index in [0.717, 1.165) is 44.1 Å². The van der Waals surface area contributed by atoms with Gasteiger partial charge in [0.15, 0.2) is 6.10 Å². The fraction of sp³-hybridized carbons (Fsp3) is 0.843. The maximum Gasteiger partial charge on any atom is 0.306 e. The Morgan fingerprint density at radius 1 is 0.492 bits per heavy atom. The molecule has 0 fully saturated rings. The molecule has 1 aromatic rings. The second-order valence-corrected chi connectivity index (χ2v) is 19.2. The number of ether oxygens (including phenoxy) is 2. The van der Waals surface area contributed by atoms with Crippen molar-refractivity contribution >= 4 is 20.5 Å². The normalized spacial score (nSPS) is 12.8. The van der Waals surface area contributed by atoms with E-state index in [0.29, 0.717) is 19.4 Å². The number of benzene rings is 1. The molecule has 344 valence electrons. The third-order valence-corrected chi connectivity index (χ3v) is 13.3. The summed E-state index contributed by atoms with van der Waals surface area (Å²) in [5, 5.41) is 0. The van der Waals surface area contributed by atoms with Crippen molar-refractivity contribution in [1.82, 2.24) is 4.67 Å². The van der Waals surface area contributed by atoms with Crippen LogP contribution in [0.5, 0.6) is 0 Å². The molecule has 0 aliphatic carbocycles. The lowest BCUT2D eigenvalue weighted by molar-refractivity contribution is -0.161. The summed E-state index contributed by atoms with van der Waals surface area (Å²) in [6.07, 6.45) is 37.2. The zero-order valence-electron chi connectivity index (χ0n) is 39.5. The lowest BCUT2D eigenvalue weighted by atomic mass is 10.0. The molecule has 0 aliphatic heterocycles. The molecule has 0 N–H and O–H groups in total. The van der Waals surface area contributed by atoms with Gasteiger partial charge in [-0.2, -0.15) is 0 Å². The molecule has 0 radical (unpaired) electrons. The fourth-order valence-electron chi connectivity index (χ4n) is 7.72. The van der Waals surface area contributed by atoms with Crippen molar-refractivity contribution in [2.45, 2.75) is 265 Å². The van der Waals surface area contributed by atoms with Gasteiger partial charge in [0.25, 0.3) is 8.53 Å². The zero-order valence-corrected chi connectivity index (χ0v) is 40.4. The summed E-state index contributed by atoms with van der Waals surface area (Å²) in [4.78, 5) is 25.9. The second-order valence-electron chi connectivity index (χ2n) is 17.7. The molecule has 7 nitrogen and oxygen atoms in total. The van der Waals surface area contributed by atoms with E-state index in [-0.39, 0.29) is 37.2 Å². The van der Waals surface area contributed by atoms with Crippen LogP contribution in [0, 0.1) is 0 Å². The number of hydrogen-bond donors (Lipinski definition) is 0. The highest BCUT2D eigenvalue weighted by atomic mass is 31.2. The Bertz CT molecular complexity index is 1060. The van der Waals surface area contributed by atoms with Crippen LogP contribution in [-0.4, -0.2) is 48.0 Å². The van der Waals surface area contributed by atoms with Crippen LogP contribution in [0.3, 0.4) is 0 Å². The standard InChI is InChI=1S/C51H94NO6P/c1-7-9-11-13-15-17-19-21-22-23-25-26-28-30-32-37-41-50(53)55-44-49(58-51(54)42-38-33-31-29-27-24-20-18-16-14-12-10-8-2)45-57-59(52(46(3)4)47(5)6)56-43-48-39-35-34-36-40-48/h34-36,39-40,46-47,49H,7-33,37-38,41-45H2,1-6H3/t49-,59?/m1/s1. The maximum absolute atomic E-state index is 13.1. The van der Waals surface area contributed by atoms with Crippen LogP contribution in [0.1, 0.15) is 246 Å². The third kappa shape index (κ3) is 33.7. The van der Waals surface area contributed by atoms with E-state index in [1.54, 1.807) is 0 Å². The molecule has 0 saturated heterocycles. The number of carbonyl (C=O) groups excluding carboxylic acids is 2. The Labute approximate surface area is 366 Å². The second kappa shape index (κ2) is 40.5. The summed E-state index contributed by atoms with van der Waals surface area (Å²) in [6, 6.07) is 10.5. The van der Waals surface area contributed by atoms with Crippen LogP contribution >= 0.6 is 8.53 Å². The van der Waals surface area contributed by atoms with Gasteiger partial charge in [0.05, 0.1) is 13.2 Å². The van der Waals surface area contributed by atoms with Gasteiger partial charge in [0, 0.05) is 24.9 Å². The van der Waals surface area contributed by atoms with Crippen LogP contribution in [0.15, 0.2) is 30.3 Å². The minimum Gasteiger partial charge on any atom is -0.462 e. The van der Waals surface area contributed by atoms with E-state index in [2.05, 4.69) is 46.2 Å². The molecule has 0 amide bonds. The van der Waals surface area contributed by atoms with Crippen LogP contribution in [0.25, 0.3) is 0 Å². The predicted molar refractivity (Wildman–Crippen MR) is 252 cm³/mol. The zero-order chi connectivity index (χ0) is 43.0. The highest BCUT2D eigenvalue weighted by Gasteiger charge is 2.29. The molecular formula is C51H94NO6P. The van der Waals surface area contributed by atoms with Crippen LogP contribution in [-0.2, 0) is 34.7 Å². The molecule has 0 aliphatic rings. The van der Waals surface area contributed by atoms with Gasteiger partial charge in [-0.15, -0.1) is 0 Å². The van der Waals surface area contributed by atoms with Crippen molar-refractivity contribution < 1.29 is 28.1 Å². The van der Waals surface area contributed by atoms with Crippen LogP contribution in [0.2, 0.25) is 0 Å². The summed E-state index contributed by atoms with van der Waals surface area (Å²) in [5.41, 5.74) is 1.07. The summed E-state index contributed by atoms with van der Waals surface area (Å²) in [5.74, 6) is -0.490. The van der Waals surface area contributed by atoms with E-state index < -0.39 is 14.6 Å². The predicted octanol–water partition coefficient (Wildman–Crippen LogP) is 16.2. The highest BCUT2D eigenvalue weighted by Crippen LogP contribution is 2.46. The number of carbonyl (C=O) groups is 2. The highest BCUT2D eigenvalue weighted by molar-refractivity contribution is 7.44. The monoisotopic (exact) mass is 848 g/mol. The van der Waals surface area contributed by atoms with E-state index in [9.17, 15) is 9.59 Å². The van der Waals surface area contributed by atoms with Gasteiger partial charge in [-0.25, -0.2) is 4.67 Å². The smallest absolute Gasteiger partial charge is 0.306 e. The Balaban J connectivity index is 2.50. The van der Waals surface area contributed by atoms with E-state index >= 15 is 0 Å². The molecule has 0 spiro atoms. The van der Waals surface area contributed by atoms with Gasteiger partial charge in [-0.05, 0) is 46.1 Å². The Morgan fingerprint density at radius 2 is 0.864 bits per heavy atom. The first-order valence-electron chi connectivity index (χ1n) is 25.0. The number of hydrogen-bond acceptors (Lipinski definition) is 7. The van der Waals surface area contributed by atoms with E-state index in [1.807, 2.05) is 30.3 Å². The average Bonchev–Trinajstić information content (AvgIpc) is 3.22. The molecular weight excluding hydrogens is 754 g/mol. The molecule has 2 atom stereocenters. The SMILES string of the molecule is CCCCCCCCCCCCCCCCCCC(=O)OC[C@H](COP(OCc1ccccc1)N(C(C)C)C(C)C)OC(=O)CCCCCCCCCCCCCCC. The molecule has 1 unspecified atom stereocenters. The van der Waals surface area contributed by atoms with Gasteiger partial charge in [-0.3, -0.25) is 9.59 Å². The minimum absolute atomic E-state index is 0.00670. The first-order valence-corrected chi connectivity index (χ1v) is 26.1. The molecule has 1 rings (SSSR count). The summed E-state index contributed by atoms with van der Waals surface area (Å²) in [6.45, 7) is 13.6. The summed E-state index contributed by atoms with van der Waals surface area (Å²) < 4.78 is 26.8. The number of unbranched alkanes of at least 4 members (excludes halogenated alkanes) is 27. The van der Waals surface area contributed by atoms with Crippen molar-refractivity contribution in [3.05, 3.63) is 35.9 Å². The van der Waals surface area contributed by atoms with Gasteiger partial charge >= 0.3 is 11.9 Å². The van der Waals surface area contributed by atoms with E-state index in [4.69, 9.17) is 18.5 Å². The van der Waals surface area contributed by atoms with Crippen LogP contribution in [0.4, 0.5) is 0 Å². The van der Waals surface area contributed by atoms with Crippen LogP contribution < -0.4 is 0 Å². The molecule has 59 heavy (non-hydrogen) atoms. The lowest BCUT2D eigenvalue weighted by Crippen LogP contribution is -2.35.